The van der Waals surface area contributed by atoms with Gasteiger partial charge in [-0.05, 0) is 57.5 Å². The van der Waals surface area contributed by atoms with Crippen LogP contribution < -0.4 is 11.1 Å². The van der Waals surface area contributed by atoms with Crippen molar-refractivity contribution in [2.24, 2.45) is 0 Å². The summed E-state index contributed by atoms with van der Waals surface area (Å²) in [4.78, 5) is 14.2. The molecule has 0 saturated heterocycles. The third-order valence-electron chi connectivity index (χ3n) is 3.36. The maximum atomic E-state index is 11.5. The highest BCUT2D eigenvalue weighted by Gasteiger charge is 2.12. The summed E-state index contributed by atoms with van der Waals surface area (Å²) in [6, 6.07) is 7.91. The fraction of sp³-hybridized carbons (Fsp3) is 0.312. The third-order valence-corrected chi connectivity index (χ3v) is 4.34. The minimum atomic E-state index is -0.0126. The molecule has 0 aliphatic heterocycles. The summed E-state index contributed by atoms with van der Waals surface area (Å²) in [6.45, 7) is 7.91. The standard InChI is InChI=1S/C16H20N2OS/c1-9-7-14(12(4)20-9)10(2)18-13-5-6-16(17)15(8-13)11(3)19/h5-8,10,18H,17H2,1-4H3. The molecule has 3 nitrogen and oxygen atoms in total. The van der Waals surface area contributed by atoms with E-state index < -0.39 is 0 Å². The number of nitrogens with one attached hydrogen (secondary N) is 1. The minimum absolute atomic E-state index is 0.0126. The number of aryl methyl sites for hydroxylation is 2. The van der Waals surface area contributed by atoms with Crippen LogP contribution in [0.5, 0.6) is 0 Å². The lowest BCUT2D eigenvalue weighted by Gasteiger charge is -2.16. The van der Waals surface area contributed by atoms with E-state index in [0.29, 0.717) is 11.3 Å². The highest BCUT2D eigenvalue weighted by atomic mass is 32.1. The normalized spacial score (nSPS) is 12.2. The number of Topliss-reactive ketones (excluding diaryl/α,β-unsaturated/α-hetero) is 1. The average molecular weight is 288 g/mol. The van der Waals surface area contributed by atoms with Crippen molar-refractivity contribution in [1.29, 1.82) is 0 Å². The zero-order valence-electron chi connectivity index (χ0n) is 12.3. The molecule has 0 fully saturated rings. The fourth-order valence-corrected chi connectivity index (χ4v) is 3.38. The van der Waals surface area contributed by atoms with E-state index in [2.05, 4.69) is 32.2 Å². The van der Waals surface area contributed by atoms with Crippen molar-refractivity contribution in [2.45, 2.75) is 33.7 Å². The largest absolute Gasteiger partial charge is 0.398 e. The van der Waals surface area contributed by atoms with E-state index in [1.165, 1.54) is 22.2 Å². The third kappa shape index (κ3) is 3.02. The maximum absolute atomic E-state index is 11.5. The Balaban J connectivity index is 2.24. The molecule has 0 saturated carbocycles. The molecule has 0 radical (unpaired) electrons. The molecule has 2 aromatic rings. The monoisotopic (exact) mass is 288 g/mol. The number of carbonyl (C=O) groups excluding carboxylic acids is 1. The van der Waals surface area contributed by atoms with Gasteiger partial charge in [-0.3, -0.25) is 4.79 Å². The van der Waals surface area contributed by atoms with E-state index in [9.17, 15) is 4.79 Å². The molecule has 4 heteroatoms. The van der Waals surface area contributed by atoms with Gasteiger partial charge >= 0.3 is 0 Å². The predicted molar refractivity (Wildman–Crippen MR) is 86.7 cm³/mol. The van der Waals surface area contributed by atoms with Crippen LogP contribution in [-0.2, 0) is 0 Å². The molecule has 1 aromatic carbocycles. The van der Waals surface area contributed by atoms with E-state index in [-0.39, 0.29) is 11.8 Å². The smallest absolute Gasteiger partial charge is 0.161 e. The van der Waals surface area contributed by atoms with Gasteiger partial charge in [0.15, 0.2) is 5.78 Å². The van der Waals surface area contributed by atoms with Gasteiger partial charge in [0.05, 0.1) is 0 Å². The summed E-state index contributed by atoms with van der Waals surface area (Å²) in [7, 11) is 0. The molecule has 0 amide bonds. The van der Waals surface area contributed by atoms with E-state index in [0.717, 1.165) is 5.69 Å². The summed E-state index contributed by atoms with van der Waals surface area (Å²) >= 11 is 1.80. The van der Waals surface area contributed by atoms with Crippen LogP contribution in [0.4, 0.5) is 11.4 Å². The van der Waals surface area contributed by atoms with Crippen molar-refractivity contribution in [2.75, 3.05) is 11.1 Å². The molecule has 106 valence electrons. The molecule has 20 heavy (non-hydrogen) atoms. The lowest BCUT2D eigenvalue weighted by atomic mass is 10.1. The van der Waals surface area contributed by atoms with Crippen LogP contribution in [0.1, 0.15) is 45.6 Å². The Morgan fingerprint density at radius 3 is 2.55 bits per heavy atom. The van der Waals surface area contributed by atoms with E-state index in [4.69, 9.17) is 5.73 Å². The number of anilines is 2. The maximum Gasteiger partial charge on any atom is 0.161 e. The number of hydrogen-bond acceptors (Lipinski definition) is 4. The van der Waals surface area contributed by atoms with Gasteiger partial charge in [-0.15, -0.1) is 11.3 Å². The molecule has 3 N–H and O–H groups in total. The molecule has 0 bridgehead atoms. The Kier molecular flexibility index (Phi) is 4.14. The molecule has 0 aliphatic carbocycles. The minimum Gasteiger partial charge on any atom is -0.398 e. The van der Waals surface area contributed by atoms with Crippen LogP contribution in [0, 0.1) is 13.8 Å². The Morgan fingerprint density at radius 2 is 2.00 bits per heavy atom. The second-order valence-electron chi connectivity index (χ2n) is 5.09. The van der Waals surface area contributed by atoms with Crippen LogP contribution in [0.15, 0.2) is 24.3 Å². The number of rotatable bonds is 4. The van der Waals surface area contributed by atoms with E-state index >= 15 is 0 Å². The second-order valence-corrected chi connectivity index (χ2v) is 6.55. The van der Waals surface area contributed by atoms with Crippen molar-refractivity contribution >= 4 is 28.5 Å². The van der Waals surface area contributed by atoms with Crippen molar-refractivity contribution in [3.8, 4) is 0 Å². The number of thiophene rings is 1. The molecule has 1 aromatic heterocycles. The molecule has 2 rings (SSSR count). The molecule has 1 heterocycles. The van der Waals surface area contributed by atoms with Gasteiger partial charge in [0.2, 0.25) is 0 Å². The lowest BCUT2D eigenvalue weighted by Crippen LogP contribution is -2.08. The highest BCUT2D eigenvalue weighted by Crippen LogP contribution is 2.29. The van der Waals surface area contributed by atoms with Crippen molar-refractivity contribution < 1.29 is 4.79 Å². The predicted octanol–water partition coefficient (Wildman–Crippen LogP) is 4.32. The van der Waals surface area contributed by atoms with Crippen LogP contribution >= 0.6 is 11.3 Å². The number of hydrogen-bond donors (Lipinski definition) is 2. The first-order valence-electron chi connectivity index (χ1n) is 6.62. The van der Waals surface area contributed by atoms with Crippen molar-refractivity contribution in [3.05, 3.63) is 45.1 Å². The van der Waals surface area contributed by atoms with Crippen LogP contribution in [0.25, 0.3) is 0 Å². The first kappa shape index (κ1) is 14.6. The Morgan fingerprint density at radius 1 is 1.30 bits per heavy atom. The van der Waals surface area contributed by atoms with E-state index in [1.807, 2.05) is 12.1 Å². The summed E-state index contributed by atoms with van der Waals surface area (Å²) in [6.07, 6.45) is 0. The second kappa shape index (κ2) is 5.67. The quantitative estimate of drug-likeness (QED) is 0.650. The van der Waals surface area contributed by atoms with Gasteiger partial charge < -0.3 is 11.1 Å². The highest BCUT2D eigenvalue weighted by molar-refractivity contribution is 7.12. The van der Waals surface area contributed by atoms with Gasteiger partial charge in [0, 0.05) is 32.7 Å². The first-order chi connectivity index (χ1) is 9.38. The summed E-state index contributed by atoms with van der Waals surface area (Å²) < 4.78 is 0. The van der Waals surface area contributed by atoms with Gasteiger partial charge in [-0.25, -0.2) is 0 Å². The Hall–Kier alpha value is -1.81. The van der Waals surface area contributed by atoms with Gasteiger partial charge in [-0.2, -0.15) is 0 Å². The van der Waals surface area contributed by atoms with Crippen LogP contribution in [0.2, 0.25) is 0 Å². The topological polar surface area (TPSA) is 55.1 Å². The number of nitrogen functional groups attached to an aromatic ring is 1. The van der Waals surface area contributed by atoms with Gasteiger partial charge in [0.1, 0.15) is 0 Å². The Labute approximate surface area is 123 Å². The first-order valence-corrected chi connectivity index (χ1v) is 7.44. The van der Waals surface area contributed by atoms with Crippen LogP contribution in [-0.4, -0.2) is 5.78 Å². The zero-order chi connectivity index (χ0) is 14.9. The molecular formula is C16H20N2OS. The van der Waals surface area contributed by atoms with Crippen LogP contribution in [0.3, 0.4) is 0 Å². The molecule has 1 unspecified atom stereocenters. The van der Waals surface area contributed by atoms with E-state index in [1.54, 1.807) is 17.4 Å². The SMILES string of the molecule is CC(=O)c1cc(NC(C)c2cc(C)sc2C)ccc1N. The van der Waals surface area contributed by atoms with Crippen molar-refractivity contribution in [1.82, 2.24) is 0 Å². The molecule has 0 aliphatic rings. The number of nitrogens with two attached hydrogens (primary N) is 1. The lowest BCUT2D eigenvalue weighted by molar-refractivity contribution is 0.101. The summed E-state index contributed by atoms with van der Waals surface area (Å²) in [5.74, 6) is -0.0126. The Bertz CT molecular complexity index is 646. The zero-order valence-corrected chi connectivity index (χ0v) is 13.1. The molecular weight excluding hydrogens is 268 g/mol. The summed E-state index contributed by atoms with van der Waals surface area (Å²) in [5, 5.41) is 3.43. The molecule has 0 spiro atoms. The van der Waals surface area contributed by atoms with Crippen molar-refractivity contribution in [3.63, 3.8) is 0 Å². The number of carbonyl (C=O) groups is 1. The number of ketones is 1. The average Bonchev–Trinajstić information content (AvgIpc) is 2.70. The van der Waals surface area contributed by atoms with Gasteiger partial charge in [0.25, 0.3) is 0 Å². The fourth-order valence-electron chi connectivity index (χ4n) is 2.36. The molecule has 1 atom stereocenters. The van der Waals surface area contributed by atoms with Gasteiger partial charge in [-0.1, -0.05) is 0 Å². The number of benzene rings is 1. The summed E-state index contributed by atoms with van der Waals surface area (Å²) in [5.41, 5.74) is 9.13.